The first kappa shape index (κ1) is 15.7. The van der Waals surface area contributed by atoms with Gasteiger partial charge in [-0.05, 0) is 25.3 Å². The normalized spacial score (nSPS) is 13.9. The third-order valence-electron chi connectivity index (χ3n) is 3.36. The topological polar surface area (TPSA) is 46.3 Å². The lowest BCUT2D eigenvalue weighted by Crippen LogP contribution is -2.31. The second kappa shape index (κ2) is 7.95. The lowest BCUT2D eigenvalue weighted by Gasteiger charge is -2.21. The third kappa shape index (κ3) is 5.88. The Kier molecular flexibility index (Phi) is 6.57. The van der Waals surface area contributed by atoms with Crippen LogP contribution in [0, 0.1) is 5.92 Å². The van der Waals surface area contributed by atoms with Gasteiger partial charge < -0.3 is 10.6 Å². The third-order valence-corrected chi connectivity index (χ3v) is 3.36. The molecule has 0 saturated heterocycles. The molecule has 0 spiro atoms. The Hall–Kier alpha value is -1.35. The first-order valence-corrected chi connectivity index (χ1v) is 7.05. The van der Waals surface area contributed by atoms with Crippen LogP contribution in [0.5, 0.6) is 0 Å². The standard InChI is InChI=1S/C16H26N2O/c1-13(8-7-9-14(2)17)16(19)18(3)12-15-10-5-4-6-11-15/h4-6,10-11,13-14H,7-9,12,17H2,1-3H3. The number of amides is 1. The number of carbonyl (C=O) groups excluding carboxylic acids is 1. The van der Waals surface area contributed by atoms with Gasteiger partial charge >= 0.3 is 0 Å². The van der Waals surface area contributed by atoms with Gasteiger partial charge in [0.15, 0.2) is 0 Å². The van der Waals surface area contributed by atoms with Crippen molar-refractivity contribution in [2.75, 3.05) is 7.05 Å². The van der Waals surface area contributed by atoms with Crippen molar-refractivity contribution < 1.29 is 4.79 Å². The average molecular weight is 262 g/mol. The Morgan fingerprint density at radius 2 is 1.84 bits per heavy atom. The number of nitrogens with zero attached hydrogens (tertiary/aromatic N) is 1. The van der Waals surface area contributed by atoms with E-state index in [1.807, 2.05) is 56.1 Å². The Labute approximate surface area is 116 Å². The highest BCUT2D eigenvalue weighted by atomic mass is 16.2. The van der Waals surface area contributed by atoms with Gasteiger partial charge in [0.1, 0.15) is 0 Å². The molecule has 1 amide bonds. The fourth-order valence-electron chi connectivity index (χ4n) is 2.18. The second-order valence-corrected chi connectivity index (χ2v) is 5.49. The maximum absolute atomic E-state index is 12.2. The van der Waals surface area contributed by atoms with Crippen molar-refractivity contribution in [2.24, 2.45) is 11.7 Å². The molecule has 3 nitrogen and oxygen atoms in total. The fourth-order valence-corrected chi connectivity index (χ4v) is 2.18. The van der Waals surface area contributed by atoms with Crippen molar-refractivity contribution in [2.45, 2.75) is 45.7 Å². The monoisotopic (exact) mass is 262 g/mol. The minimum absolute atomic E-state index is 0.0764. The molecule has 0 fully saturated rings. The summed E-state index contributed by atoms with van der Waals surface area (Å²) in [5, 5.41) is 0. The van der Waals surface area contributed by atoms with Crippen LogP contribution in [0.2, 0.25) is 0 Å². The van der Waals surface area contributed by atoms with E-state index in [4.69, 9.17) is 5.73 Å². The molecule has 0 heterocycles. The van der Waals surface area contributed by atoms with Crippen molar-refractivity contribution in [1.82, 2.24) is 4.90 Å². The Balaban J connectivity index is 2.39. The summed E-state index contributed by atoms with van der Waals surface area (Å²) in [5.74, 6) is 0.293. The molecule has 0 radical (unpaired) electrons. The minimum Gasteiger partial charge on any atom is -0.341 e. The van der Waals surface area contributed by atoms with Gasteiger partial charge in [-0.15, -0.1) is 0 Å². The van der Waals surface area contributed by atoms with E-state index in [1.54, 1.807) is 0 Å². The Morgan fingerprint density at radius 3 is 2.42 bits per heavy atom. The molecule has 0 aliphatic heterocycles. The summed E-state index contributed by atoms with van der Waals surface area (Å²) in [6.45, 7) is 4.69. The molecular weight excluding hydrogens is 236 g/mol. The molecule has 106 valence electrons. The van der Waals surface area contributed by atoms with Crippen LogP contribution >= 0.6 is 0 Å². The van der Waals surface area contributed by atoms with Gasteiger partial charge in [0.2, 0.25) is 5.91 Å². The van der Waals surface area contributed by atoms with E-state index >= 15 is 0 Å². The lowest BCUT2D eigenvalue weighted by molar-refractivity contribution is -0.134. The number of hydrogen-bond donors (Lipinski definition) is 1. The predicted octanol–water partition coefficient (Wildman–Crippen LogP) is 2.80. The molecule has 2 unspecified atom stereocenters. The summed E-state index contributed by atoms with van der Waals surface area (Å²) in [4.78, 5) is 14.0. The summed E-state index contributed by atoms with van der Waals surface area (Å²) in [6, 6.07) is 10.3. The highest BCUT2D eigenvalue weighted by Gasteiger charge is 2.17. The average Bonchev–Trinajstić information content (AvgIpc) is 2.38. The van der Waals surface area contributed by atoms with E-state index in [9.17, 15) is 4.79 Å². The van der Waals surface area contributed by atoms with Gasteiger partial charge in [0, 0.05) is 25.6 Å². The summed E-state index contributed by atoms with van der Waals surface area (Å²) in [5.41, 5.74) is 6.89. The van der Waals surface area contributed by atoms with Gasteiger partial charge in [-0.2, -0.15) is 0 Å². The number of hydrogen-bond acceptors (Lipinski definition) is 2. The molecule has 3 heteroatoms. The first-order chi connectivity index (χ1) is 9.00. The zero-order valence-electron chi connectivity index (χ0n) is 12.3. The van der Waals surface area contributed by atoms with Crippen molar-refractivity contribution in [3.8, 4) is 0 Å². The molecule has 0 aliphatic rings. The molecule has 2 atom stereocenters. The lowest BCUT2D eigenvalue weighted by atomic mass is 10.0. The largest absolute Gasteiger partial charge is 0.341 e. The number of rotatable bonds is 7. The van der Waals surface area contributed by atoms with Gasteiger partial charge in [0.05, 0.1) is 0 Å². The molecule has 0 aliphatic carbocycles. The molecular formula is C16H26N2O. The van der Waals surface area contributed by atoms with E-state index in [0.717, 1.165) is 19.3 Å². The van der Waals surface area contributed by atoms with Crippen molar-refractivity contribution >= 4 is 5.91 Å². The molecule has 1 aromatic rings. The number of nitrogens with two attached hydrogens (primary N) is 1. The summed E-state index contributed by atoms with van der Waals surface area (Å²) >= 11 is 0. The molecule has 0 aromatic heterocycles. The van der Waals surface area contributed by atoms with Crippen LogP contribution in [0.25, 0.3) is 0 Å². The highest BCUT2D eigenvalue weighted by molar-refractivity contribution is 5.78. The van der Waals surface area contributed by atoms with E-state index in [2.05, 4.69) is 0 Å². The fraction of sp³-hybridized carbons (Fsp3) is 0.562. The smallest absolute Gasteiger partial charge is 0.225 e. The van der Waals surface area contributed by atoms with Crippen LogP contribution in [-0.4, -0.2) is 23.9 Å². The maximum Gasteiger partial charge on any atom is 0.225 e. The summed E-state index contributed by atoms with van der Waals surface area (Å²) < 4.78 is 0. The van der Waals surface area contributed by atoms with Crippen LogP contribution in [0.4, 0.5) is 0 Å². The molecule has 0 bridgehead atoms. The van der Waals surface area contributed by atoms with Crippen molar-refractivity contribution in [3.63, 3.8) is 0 Å². The van der Waals surface area contributed by atoms with E-state index in [0.29, 0.717) is 6.54 Å². The molecule has 1 rings (SSSR count). The molecule has 1 aromatic carbocycles. The van der Waals surface area contributed by atoms with Crippen LogP contribution in [-0.2, 0) is 11.3 Å². The number of benzene rings is 1. The summed E-state index contributed by atoms with van der Waals surface area (Å²) in [7, 11) is 1.87. The quantitative estimate of drug-likeness (QED) is 0.821. The van der Waals surface area contributed by atoms with Crippen LogP contribution in [0.15, 0.2) is 30.3 Å². The van der Waals surface area contributed by atoms with E-state index in [1.165, 1.54) is 5.56 Å². The van der Waals surface area contributed by atoms with Crippen LogP contribution in [0.1, 0.15) is 38.7 Å². The minimum atomic E-state index is 0.0764. The van der Waals surface area contributed by atoms with Gasteiger partial charge in [-0.25, -0.2) is 0 Å². The molecule has 0 saturated carbocycles. The number of carbonyl (C=O) groups is 1. The molecule has 2 N–H and O–H groups in total. The zero-order chi connectivity index (χ0) is 14.3. The second-order valence-electron chi connectivity index (χ2n) is 5.49. The summed E-state index contributed by atoms with van der Waals surface area (Å²) in [6.07, 6.45) is 2.92. The Bertz CT molecular complexity index is 376. The van der Waals surface area contributed by atoms with Crippen LogP contribution < -0.4 is 5.73 Å². The van der Waals surface area contributed by atoms with E-state index in [-0.39, 0.29) is 17.9 Å². The van der Waals surface area contributed by atoms with Crippen LogP contribution in [0.3, 0.4) is 0 Å². The molecule has 19 heavy (non-hydrogen) atoms. The maximum atomic E-state index is 12.2. The van der Waals surface area contributed by atoms with Gasteiger partial charge in [0.25, 0.3) is 0 Å². The zero-order valence-corrected chi connectivity index (χ0v) is 12.3. The van der Waals surface area contributed by atoms with Gasteiger partial charge in [-0.1, -0.05) is 43.7 Å². The van der Waals surface area contributed by atoms with Crippen molar-refractivity contribution in [3.05, 3.63) is 35.9 Å². The highest BCUT2D eigenvalue weighted by Crippen LogP contribution is 2.13. The first-order valence-electron chi connectivity index (χ1n) is 7.05. The Morgan fingerprint density at radius 1 is 1.21 bits per heavy atom. The van der Waals surface area contributed by atoms with Gasteiger partial charge in [-0.3, -0.25) is 4.79 Å². The van der Waals surface area contributed by atoms with Crippen molar-refractivity contribution in [1.29, 1.82) is 0 Å². The van der Waals surface area contributed by atoms with E-state index < -0.39 is 0 Å². The SMILES string of the molecule is CC(N)CCCC(C)C(=O)N(C)Cc1ccccc1. The predicted molar refractivity (Wildman–Crippen MR) is 79.6 cm³/mol.